The van der Waals surface area contributed by atoms with Crippen LogP contribution in [0.1, 0.15) is 122 Å². The van der Waals surface area contributed by atoms with Gasteiger partial charge in [0.25, 0.3) is 0 Å². The van der Waals surface area contributed by atoms with Crippen molar-refractivity contribution < 1.29 is 9.90 Å². The van der Waals surface area contributed by atoms with Crippen LogP contribution in [0.4, 0.5) is 0 Å². The predicted molar refractivity (Wildman–Crippen MR) is 104 cm³/mol. The Morgan fingerprint density at radius 1 is 0.708 bits per heavy atom. The van der Waals surface area contributed by atoms with Gasteiger partial charge in [0.1, 0.15) is 0 Å². The molecule has 144 valence electrons. The Morgan fingerprint density at radius 3 is 1.50 bits per heavy atom. The van der Waals surface area contributed by atoms with Crippen molar-refractivity contribution in [2.24, 2.45) is 5.73 Å². The van der Waals surface area contributed by atoms with Crippen molar-refractivity contribution in [1.82, 2.24) is 0 Å². The summed E-state index contributed by atoms with van der Waals surface area (Å²) in [6.07, 6.45) is 22.0. The fourth-order valence-corrected chi connectivity index (χ4v) is 3.25. The zero-order chi connectivity index (χ0) is 17.9. The van der Waals surface area contributed by atoms with Crippen LogP contribution in [0, 0.1) is 0 Å². The maximum atomic E-state index is 10.4. The van der Waals surface area contributed by atoms with Crippen LogP contribution in [0.3, 0.4) is 0 Å². The van der Waals surface area contributed by atoms with Gasteiger partial charge < -0.3 is 10.8 Å². The number of hydrogen-bond donors (Lipinski definition) is 2. The van der Waals surface area contributed by atoms with E-state index in [1.807, 2.05) is 0 Å². The molecule has 0 saturated carbocycles. The number of carboxylic acids is 1. The van der Waals surface area contributed by atoms with Crippen LogP contribution in [-0.2, 0) is 4.79 Å². The van der Waals surface area contributed by atoms with Crippen LogP contribution >= 0.6 is 0 Å². The molecule has 0 spiro atoms. The molecule has 0 aliphatic rings. The predicted octanol–water partition coefficient (Wildman–Crippen LogP) is 6.44. The number of carbonyl (C=O) groups is 1. The molecule has 3 heteroatoms. The second-order valence-corrected chi connectivity index (χ2v) is 7.43. The normalized spacial score (nSPS) is 12.4. The summed E-state index contributed by atoms with van der Waals surface area (Å²) >= 11 is 0. The van der Waals surface area contributed by atoms with Gasteiger partial charge in [0.15, 0.2) is 0 Å². The summed E-state index contributed by atoms with van der Waals surface area (Å²) in [5, 5.41) is 8.58. The van der Waals surface area contributed by atoms with E-state index in [4.69, 9.17) is 10.8 Å². The van der Waals surface area contributed by atoms with E-state index in [0.29, 0.717) is 12.5 Å². The molecule has 3 nitrogen and oxygen atoms in total. The van der Waals surface area contributed by atoms with Gasteiger partial charge in [0.05, 0.1) is 0 Å². The summed E-state index contributed by atoms with van der Waals surface area (Å²) in [4.78, 5) is 10.4. The SMILES string of the molecule is CCCCCCCCCCCCCCC(N)CCCCCC(=O)O. The highest BCUT2D eigenvalue weighted by Gasteiger charge is 2.03. The molecule has 0 radical (unpaired) electrons. The Bertz CT molecular complexity index is 269. The van der Waals surface area contributed by atoms with Crippen molar-refractivity contribution in [3.63, 3.8) is 0 Å². The van der Waals surface area contributed by atoms with E-state index in [1.54, 1.807) is 0 Å². The van der Waals surface area contributed by atoms with Crippen molar-refractivity contribution in [3.8, 4) is 0 Å². The first-order valence-corrected chi connectivity index (χ1v) is 10.6. The second kappa shape index (κ2) is 18.8. The zero-order valence-electron chi connectivity index (χ0n) is 16.2. The van der Waals surface area contributed by atoms with Crippen molar-refractivity contribution in [3.05, 3.63) is 0 Å². The molecule has 0 amide bonds. The van der Waals surface area contributed by atoms with Gasteiger partial charge >= 0.3 is 5.97 Å². The Balaban J connectivity index is 3.14. The van der Waals surface area contributed by atoms with E-state index in [1.165, 1.54) is 77.0 Å². The van der Waals surface area contributed by atoms with E-state index in [0.717, 1.165) is 32.1 Å². The lowest BCUT2D eigenvalue weighted by atomic mass is 10.0. The molecule has 0 heterocycles. The van der Waals surface area contributed by atoms with Gasteiger partial charge in [0, 0.05) is 12.5 Å². The van der Waals surface area contributed by atoms with Crippen LogP contribution in [0.25, 0.3) is 0 Å². The van der Waals surface area contributed by atoms with Gasteiger partial charge in [-0.05, 0) is 19.3 Å². The quantitative estimate of drug-likeness (QED) is 0.266. The molecule has 24 heavy (non-hydrogen) atoms. The van der Waals surface area contributed by atoms with Crippen LogP contribution in [0.15, 0.2) is 0 Å². The summed E-state index contributed by atoms with van der Waals surface area (Å²) in [7, 11) is 0. The standard InChI is InChI=1S/C21H43NO2/c1-2-3-4-5-6-7-8-9-10-11-12-14-17-20(22)18-15-13-16-19-21(23)24/h20H,2-19,22H2,1H3,(H,23,24). The molecule has 1 atom stereocenters. The van der Waals surface area contributed by atoms with Gasteiger partial charge in [-0.1, -0.05) is 96.8 Å². The number of aliphatic carboxylic acids is 1. The molecule has 3 N–H and O–H groups in total. The monoisotopic (exact) mass is 341 g/mol. The lowest BCUT2D eigenvalue weighted by molar-refractivity contribution is -0.137. The van der Waals surface area contributed by atoms with Gasteiger partial charge in [-0.15, -0.1) is 0 Å². The zero-order valence-corrected chi connectivity index (χ0v) is 16.2. The highest BCUT2D eigenvalue weighted by atomic mass is 16.4. The topological polar surface area (TPSA) is 63.3 Å². The Labute approximate surface area is 150 Å². The maximum absolute atomic E-state index is 10.4. The number of unbranched alkanes of at least 4 members (excludes halogenated alkanes) is 13. The van der Waals surface area contributed by atoms with Gasteiger partial charge in [-0.25, -0.2) is 0 Å². The summed E-state index contributed by atoms with van der Waals surface area (Å²) in [6, 6.07) is 0.318. The number of hydrogen-bond acceptors (Lipinski definition) is 2. The molecular weight excluding hydrogens is 298 g/mol. The first kappa shape index (κ1) is 23.4. The van der Waals surface area contributed by atoms with Gasteiger partial charge in [0.2, 0.25) is 0 Å². The molecule has 1 unspecified atom stereocenters. The maximum Gasteiger partial charge on any atom is 0.303 e. The fourth-order valence-electron chi connectivity index (χ4n) is 3.25. The molecule has 0 aromatic carbocycles. The third kappa shape index (κ3) is 19.5. The molecule has 0 rings (SSSR count). The third-order valence-electron chi connectivity index (χ3n) is 4.89. The lowest BCUT2D eigenvalue weighted by Crippen LogP contribution is -2.19. The Kier molecular flexibility index (Phi) is 18.3. The fraction of sp³-hybridized carbons (Fsp3) is 0.952. The minimum atomic E-state index is -0.684. The van der Waals surface area contributed by atoms with E-state index in [-0.39, 0.29) is 0 Å². The molecule has 0 aromatic heterocycles. The van der Waals surface area contributed by atoms with Crippen molar-refractivity contribution in [2.75, 3.05) is 0 Å². The third-order valence-corrected chi connectivity index (χ3v) is 4.89. The van der Waals surface area contributed by atoms with Crippen LogP contribution in [-0.4, -0.2) is 17.1 Å². The first-order valence-electron chi connectivity index (χ1n) is 10.6. The van der Waals surface area contributed by atoms with Crippen molar-refractivity contribution in [1.29, 1.82) is 0 Å². The van der Waals surface area contributed by atoms with Gasteiger partial charge in [-0.2, -0.15) is 0 Å². The Morgan fingerprint density at radius 2 is 1.08 bits per heavy atom. The summed E-state index contributed by atoms with van der Waals surface area (Å²) in [6.45, 7) is 2.27. The highest BCUT2D eigenvalue weighted by molar-refractivity contribution is 5.66. The summed E-state index contributed by atoms with van der Waals surface area (Å²) in [5.74, 6) is -0.684. The average Bonchev–Trinajstić information content (AvgIpc) is 2.55. The molecule has 0 fully saturated rings. The number of carboxylic acid groups (broad SMARTS) is 1. The first-order chi connectivity index (χ1) is 11.7. The minimum absolute atomic E-state index is 0.300. The van der Waals surface area contributed by atoms with E-state index < -0.39 is 5.97 Å². The lowest BCUT2D eigenvalue weighted by Gasteiger charge is -2.11. The molecule has 0 aliphatic carbocycles. The average molecular weight is 342 g/mol. The van der Waals surface area contributed by atoms with Crippen molar-refractivity contribution in [2.45, 2.75) is 129 Å². The van der Waals surface area contributed by atoms with Crippen LogP contribution in [0.5, 0.6) is 0 Å². The molecule has 0 aromatic rings. The highest BCUT2D eigenvalue weighted by Crippen LogP contribution is 2.14. The van der Waals surface area contributed by atoms with E-state index in [9.17, 15) is 4.79 Å². The summed E-state index contributed by atoms with van der Waals surface area (Å²) in [5.41, 5.74) is 6.13. The van der Waals surface area contributed by atoms with Gasteiger partial charge in [-0.3, -0.25) is 4.79 Å². The molecule has 0 bridgehead atoms. The number of rotatable bonds is 19. The van der Waals surface area contributed by atoms with E-state index >= 15 is 0 Å². The molecular formula is C21H43NO2. The van der Waals surface area contributed by atoms with E-state index in [2.05, 4.69) is 6.92 Å². The smallest absolute Gasteiger partial charge is 0.303 e. The largest absolute Gasteiger partial charge is 0.481 e. The van der Waals surface area contributed by atoms with Crippen LogP contribution < -0.4 is 5.73 Å². The summed E-state index contributed by atoms with van der Waals surface area (Å²) < 4.78 is 0. The molecule has 0 aliphatic heterocycles. The minimum Gasteiger partial charge on any atom is -0.481 e. The second-order valence-electron chi connectivity index (χ2n) is 7.43. The van der Waals surface area contributed by atoms with Crippen LogP contribution in [0.2, 0.25) is 0 Å². The Hall–Kier alpha value is -0.570. The number of nitrogens with two attached hydrogens (primary N) is 1. The molecule has 0 saturated heterocycles. The van der Waals surface area contributed by atoms with Crippen molar-refractivity contribution >= 4 is 5.97 Å².